The SMILES string of the molecule is COC(CC(=O)c1cc2cnc3c(=N)cc(NC(C)=O)c([nH]1)c23)OC. The van der Waals surface area contributed by atoms with E-state index in [4.69, 9.17) is 14.9 Å². The van der Waals surface area contributed by atoms with Gasteiger partial charge in [-0.05, 0) is 12.1 Å². The van der Waals surface area contributed by atoms with Gasteiger partial charge in [-0.15, -0.1) is 0 Å². The Hall–Kier alpha value is -2.84. The molecule has 1 aromatic carbocycles. The van der Waals surface area contributed by atoms with E-state index in [0.717, 1.165) is 5.39 Å². The molecule has 0 spiro atoms. The summed E-state index contributed by atoms with van der Waals surface area (Å²) in [7, 11) is 2.93. The zero-order valence-corrected chi connectivity index (χ0v) is 14.1. The number of carbonyl (C=O) groups excluding carboxylic acids is 2. The Balaban J connectivity index is 2.17. The lowest BCUT2D eigenvalue weighted by atomic mass is 10.1. The van der Waals surface area contributed by atoms with E-state index in [1.807, 2.05) is 0 Å². The van der Waals surface area contributed by atoms with Crippen LogP contribution in [0.15, 0.2) is 18.3 Å². The second-order valence-corrected chi connectivity index (χ2v) is 5.68. The van der Waals surface area contributed by atoms with Crippen molar-refractivity contribution < 1.29 is 19.1 Å². The minimum Gasteiger partial charge on any atom is -0.355 e. The maximum Gasteiger partial charge on any atom is 0.221 e. The van der Waals surface area contributed by atoms with Crippen LogP contribution in [0, 0.1) is 5.41 Å². The van der Waals surface area contributed by atoms with Gasteiger partial charge in [-0.3, -0.25) is 20.0 Å². The first kappa shape index (κ1) is 17.0. The number of H-pyrrole nitrogens is 1. The van der Waals surface area contributed by atoms with E-state index in [2.05, 4.69) is 15.3 Å². The zero-order valence-electron chi connectivity index (χ0n) is 14.1. The topological polar surface area (TPSA) is 117 Å². The van der Waals surface area contributed by atoms with Crippen molar-refractivity contribution in [2.75, 3.05) is 19.5 Å². The Morgan fingerprint density at radius 2 is 2.04 bits per heavy atom. The van der Waals surface area contributed by atoms with Crippen LogP contribution in [0.4, 0.5) is 5.69 Å². The number of carbonyl (C=O) groups is 2. The summed E-state index contributed by atoms with van der Waals surface area (Å²) in [5.74, 6) is -0.462. The number of nitrogens with one attached hydrogen (secondary N) is 3. The highest BCUT2D eigenvalue weighted by Crippen LogP contribution is 2.29. The van der Waals surface area contributed by atoms with Gasteiger partial charge in [-0.2, -0.15) is 0 Å². The molecule has 8 nitrogen and oxygen atoms in total. The zero-order chi connectivity index (χ0) is 18.1. The van der Waals surface area contributed by atoms with Crippen molar-refractivity contribution in [1.29, 1.82) is 5.41 Å². The van der Waals surface area contributed by atoms with Gasteiger partial charge in [0.15, 0.2) is 12.1 Å². The van der Waals surface area contributed by atoms with Crippen molar-refractivity contribution in [3.63, 3.8) is 0 Å². The minimum absolute atomic E-state index is 0.0461. The number of methoxy groups -OCH3 is 2. The van der Waals surface area contributed by atoms with E-state index in [0.29, 0.717) is 27.8 Å². The van der Waals surface area contributed by atoms with Crippen molar-refractivity contribution >= 4 is 39.2 Å². The quantitative estimate of drug-likeness (QED) is 0.466. The van der Waals surface area contributed by atoms with Gasteiger partial charge in [0.2, 0.25) is 5.91 Å². The van der Waals surface area contributed by atoms with Crippen LogP contribution in [-0.2, 0) is 14.3 Å². The van der Waals surface area contributed by atoms with Crippen molar-refractivity contribution in [2.45, 2.75) is 19.6 Å². The number of benzene rings is 1. The molecule has 2 heterocycles. The highest BCUT2D eigenvalue weighted by atomic mass is 16.7. The maximum absolute atomic E-state index is 12.5. The van der Waals surface area contributed by atoms with Crippen LogP contribution in [0.3, 0.4) is 0 Å². The van der Waals surface area contributed by atoms with Gasteiger partial charge in [0.25, 0.3) is 0 Å². The fourth-order valence-electron chi connectivity index (χ4n) is 2.81. The van der Waals surface area contributed by atoms with Gasteiger partial charge >= 0.3 is 0 Å². The van der Waals surface area contributed by atoms with Gasteiger partial charge in [0.05, 0.1) is 34.2 Å². The summed E-state index contributed by atoms with van der Waals surface area (Å²) in [5, 5.41) is 12.4. The first-order valence-electron chi connectivity index (χ1n) is 7.63. The van der Waals surface area contributed by atoms with Crippen LogP contribution < -0.4 is 10.7 Å². The molecular formula is C17H18N4O4. The molecule has 0 aliphatic carbocycles. The Kier molecular flexibility index (Phi) is 4.47. The molecule has 3 aromatic rings. The summed E-state index contributed by atoms with van der Waals surface area (Å²) >= 11 is 0. The number of pyridine rings is 1. The van der Waals surface area contributed by atoms with Crippen molar-refractivity contribution in [2.24, 2.45) is 0 Å². The highest BCUT2D eigenvalue weighted by molar-refractivity contribution is 6.15. The number of aromatic nitrogens is 2. The lowest BCUT2D eigenvalue weighted by Gasteiger charge is -2.13. The lowest BCUT2D eigenvalue weighted by Crippen LogP contribution is -2.19. The van der Waals surface area contributed by atoms with Gasteiger partial charge < -0.3 is 19.8 Å². The Bertz CT molecular complexity index is 1010. The number of rotatable bonds is 6. The Morgan fingerprint density at radius 1 is 1.32 bits per heavy atom. The molecule has 0 fully saturated rings. The molecule has 1 amide bonds. The number of amides is 1. The average molecular weight is 342 g/mol. The summed E-state index contributed by atoms with van der Waals surface area (Å²) in [6, 6.07) is 3.20. The molecule has 3 rings (SSSR count). The number of hydrogen-bond acceptors (Lipinski definition) is 6. The number of hydrogen-bond donors (Lipinski definition) is 3. The highest BCUT2D eigenvalue weighted by Gasteiger charge is 2.19. The number of aromatic amines is 1. The van der Waals surface area contributed by atoms with Crippen molar-refractivity contribution in [1.82, 2.24) is 9.97 Å². The minimum atomic E-state index is -0.639. The second-order valence-electron chi connectivity index (χ2n) is 5.68. The van der Waals surface area contributed by atoms with Crippen LogP contribution in [-0.4, -0.2) is 42.2 Å². The number of nitrogens with zero attached hydrogens (tertiary/aromatic N) is 1. The van der Waals surface area contributed by atoms with Crippen LogP contribution in [0.25, 0.3) is 21.8 Å². The largest absolute Gasteiger partial charge is 0.355 e. The number of anilines is 1. The summed E-state index contributed by atoms with van der Waals surface area (Å²) in [6.07, 6.45) is 1.02. The molecule has 0 radical (unpaired) electrons. The van der Waals surface area contributed by atoms with Gasteiger partial charge in [-0.1, -0.05) is 0 Å². The van der Waals surface area contributed by atoms with Crippen molar-refractivity contribution in [3.05, 3.63) is 29.4 Å². The number of ketones is 1. The average Bonchev–Trinajstić information content (AvgIpc) is 3.01. The van der Waals surface area contributed by atoms with E-state index in [1.165, 1.54) is 27.2 Å². The van der Waals surface area contributed by atoms with E-state index in [9.17, 15) is 9.59 Å². The third-order valence-electron chi connectivity index (χ3n) is 3.97. The van der Waals surface area contributed by atoms with E-state index < -0.39 is 6.29 Å². The molecule has 0 unspecified atom stereocenters. The smallest absolute Gasteiger partial charge is 0.221 e. The molecule has 0 atom stereocenters. The fraction of sp³-hybridized carbons (Fsp3) is 0.294. The van der Waals surface area contributed by atoms with Crippen molar-refractivity contribution in [3.8, 4) is 0 Å². The Labute approximate surface area is 143 Å². The predicted octanol–water partition coefficient (Wildman–Crippen LogP) is 1.78. The number of Topliss-reactive ketones (excluding diaryl/α,β-unsaturated/α-hetero) is 1. The third kappa shape index (κ3) is 3.09. The summed E-state index contributed by atoms with van der Waals surface area (Å²) in [5.41, 5.74) is 1.87. The van der Waals surface area contributed by atoms with E-state index in [-0.39, 0.29) is 23.5 Å². The lowest BCUT2D eigenvalue weighted by molar-refractivity contribution is -0.114. The molecule has 3 N–H and O–H groups in total. The van der Waals surface area contributed by atoms with Gasteiger partial charge in [-0.25, -0.2) is 0 Å². The Morgan fingerprint density at radius 3 is 2.68 bits per heavy atom. The van der Waals surface area contributed by atoms with Crippen LogP contribution in [0.5, 0.6) is 0 Å². The normalized spacial score (nSPS) is 11.5. The number of ether oxygens (including phenoxy) is 2. The molecule has 25 heavy (non-hydrogen) atoms. The predicted molar refractivity (Wildman–Crippen MR) is 91.7 cm³/mol. The molecule has 0 aliphatic rings. The molecule has 2 aromatic heterocycles. The summed E-state index contributed by atoms with van der Waals surface area (Å²) < 4.78 is 10.1. The van der Waals surface area contributed by atoms with Gasteiger partial charge in [0.1, 0.15) is 0 Å². The molecular weight excluding hydrogens is 324 g/mol. The van der Waals surface area contributed by atoms with Crippen LogP contribution >= 0.6 is 0 Å². The third-order valence-corrected chi connectivity index (χ3v) is 3.97. The fourth-order valence-corrected chi connectivity index (χ4v) is 2.81. The second kappa shape index (κ2) is 6.58. The first-order chi connectivity index (χ1) is 11.9. The van der Waals surface area contributed by atoms with Gasteiger partial charge in [0, 0.05) is 38.1 Å². The monoisotopic (exact) mass is 342 g/mol. The van der Waals surface area contributed by atoms with Crippen LogP contribution in [0.1, 0.15) is 23.8 Å². The van der Waals surface area contributed by atoms with E-state index >= 15 is 0 Å². The summed E-state index contributed by atoms with van der Waals surface area (Å²) in [6.45, 7) is 1.39. The summed E-state index contributed by atoms with van der Waals surface area (Å²) in [4.78, 5) is 31.3. The standard InChI is InChI=1S/C17H18N4O4/c1-8(22)20-12-5-10(18)16-15-9(7-19-16)4-11(21-17(12)15)13(23)6-14(24-2)25-3/h4-5,7,14,18,21H,6H2,1-3H3,(H,20,22). The first-order valence-corrected chi connectivity index (χ1v) is 7.63. The van der Waals surface area contributed by atoms with Crippen LogP contribution in [0.2, 0.25) is 0 Å². The molecule has 0 aliphatic heterocycles. The molecule has 0 saturated heterocycles. The van der Waals surface area contributed by atoms with E-state index in [1.54, 1.807) is 12.3 Å². The molecule has 130 valence electrons. The maximum atomic E-state index is 12.5. The molecule has 8 heteroatoms. The molecule has 0 bridgehead atoms. The molecule has 0 saturated carbocycles.